The van der Waals surface area contributed by atoms with Crippen molar-refractivity contribution in [2.24, 2.45) is 0 Å². The second kappa shape index (κ2) is 3.82. The Balaban J connectivity index is 2.08. The molecule has 5 heteroatoms. The Bertz CT molecular complexity index is 492. The highest BCUT2D eigenvalue weighted by Gasteiger charge is 2.19. The molecule has 3 heterocycles. The Labute approximate surface area is 101 Å². The van der Waals surface area contributed by atoms with Gasteiger partial charge in [0.05, 0.1) is 16.2 Å². The third-order valence-electron chi connectivity index (χ3n) is 2.93. The van der Waals surface area contributed by atoms with Gasteiger partial charge in [0.1, 0.15) is 11.5 Å². The molecule has 2 aromatic heterocycles. The summed E-state index contributed by atoms with van der Waals surface area (Å²) in [5.74, 6) is -0.274. The number of fused-ring (bicyclic) bond motifs is 1. The zero-order valence-corrected chi connectivity index (χ0v) is 10.2. The lowest BCUT2D eigenvalue weighted by Crippen LogP contribution is -2.12. The van der Waals surface area contributed by atoms with Crippen LogP contribution in [0.5, 0.6) is 0 Å². The monoisotopic (exact) mass is 283 g/mol. The number of hydrogen-bond acceptors (Lipinski definition) is 2. The lowest BCUT2D eigenvalue weighted by molar-refractivity contribution is 0.619. The molecule has 1 atom stereocenters. The number of aromatic nitrogens is 2. The highest BCUT2D eigenvalue weighted by atomic mass is 79.9. The minimum absolute atomic E-state index is 0.274. The molecule has 0 amide bonds. The molecular formula is C11H11BrFN3. The topological polar surface area (TPSA) is 29.3 Å². The molecule has 84 valence electrons. The fraction of sp³-hybridized carbons (Fsp3) is 0.364. The van der Waals surface area contributed by atoms with Crippen molar-refractivity contribution in [3.05, 3.63) is 34.4 Å². The quantitative estimate of drug-likeness (QED) is 0.872. The van der Waals surface area contributed by atoms with Crippen LogP contribution in [0.4, 0.5) is 4.39 Å². The fourth-order valence-electron chi connectivity index (χ4n) is 2.11. The molecule has 1 aliphatic heterocycles. The summed E-state index contributed by atoms with van der Waals surface area (Å²) in [6.07, 6.45) is 5.95. The Morgan fingerprint density at radius 2 is 2.38 bits per heavy atom. The van der Waals surface area contributed by atoms with Crippen LogP contribution in [-0.4, -0.2) is 15.9 Å². The van der Waals surface area contributed by atoms with Gasteiger partial charge in [-0.2, -0.15) is 0 Å². The Morgan fingerprint density at radius 3 is 3.12 bits per heavy atom. The number of halogens is 2. The predicted molar refractivity (Wildman–Crippen MR) is 62.8 cm³/mol. The lowest BCUT2D eigenvalue weighted by Gasteiger charge is -2.04. The number of nitrogens with one attached hydrogen (secondary N) is 1. The Morgan fingerprint density at radius 1 is 1.50 bits per heavy atom. The van der Waals surface area contributed by atoms with E-state index in [1.807, 2.05) is 10.6 Å². The summed E-state index contributed by atoms with van der Waals surface area (Å²) in [5.41, 5.74) is 1.65. The van der Waals surface area contributed by atoms with Crippen LogP contribution in [-0.2, 0) is 0 Å². The summed E-state index contributed by atoms with van der Waals surface area (Å²) in [6, 6.07) is 1.77. The zero-order valence-electron chi connectivity index (χ0n) is 8.58. The van der Waals surface area contributed by atoms with Crippen LogP contribution in [0.3, 0.4) is 0 Å². The summed E-state index contributed by atoms with van der Waals surface area (Å²) in [6.45, 7) is 1.04. The summed E-state index contributed by atoms with van der Waals surface area (Å²) in [4.78, 5) is 4.44. The first-order valence-corrected chi connectivity index (χ1v) is 6.10. The van der Waals surface area contributed by atoms with Gasteiger partial charge < -0.3 is 9.72 Å². The van der Waals surface area contributed by atoms with Gasteiger partial charge in [-0.25, -0.2) is 9.37 Å². The van der Waals surface area contributed by atoms with E-state index in [-0.39, 0.29) is 5.82 Å². The van der Waals surface area contributed by atoms with Crippen molar-refractivity contribution >= 4 is 21.6 Å². The lowest BCUT2D eigenvalue weighted by atomic mass is 10.2. The summed E-state index contributed by atoms with van der Waals surface area (Å²) in [5, 5.41) is 3.38. The summed E-state index contributed by atoms with van der Waals surface area (Å²) in [7, 11) is 0. The van der Waals surface area contributed by atoms with E-state index in [4.69, 9.17) is 0 Å². The van der Waals surface area contributed by atoms with Crippen LogP contribution in [0.2, 0.25) is 0 Å². The van der Waals surface area contributed by atoms with Crippen LogP contribution < -0.4 is 5.32 Å². The first-order chi connectivity index (χ1) is 7.74. The second-order valence-electron chi connectivity index (χ2n) is 4.05. The number of hydrogen-bond donors (Lipinski definition) is 1. The molecule has 1 fully saturated rings. The zero-order chi connectivity index (χ0) is 11.1. The van der Waals surface area contributed by atoms with Crippen LogP contribution >= 0.6 is 15.9 Å². The molecular weight excluding hydrogens is 273 g/mol. The van der Waals surface area contributed by atoms with Crippen LogP contribution in [0.15, 0.2) is 22.9 Å². The average molecular weight is 284 g/mol. The van der Waals surface area contributed by atoms with E-state index in [1.54, 1.807) is 6.20 Å². The van der Waals surface area contributed by atoms with E-state index in [0.29, 0.717) is 16.2 Å². The molecule has 16 heavy (non-hydrogen) atoms. The molecule has 1 saturated heterocycles. The second-order valence-corrected chi connectivity index (χ2v) is 4.90. The maximum Gasteiger partial charge on any atom is 0.142 e. The van der Waals surface area contributed by atoms with Crippen molar-refractivity contribution in [1.82, 2.24) is 14.7 Å². The highest BCUT2D eigenvalue weighted by Crippen LogP contribution is 2.24. The van der Waals surface area contributed by atoms with Crippen molar-refractivity contribution in [2.75, 3.05) is 6.54 Å². The number of nitrogens with zero attached hydrogens (tertiary/aromatic N) is 2. The molecule has 3 rings (SSSR count). The van der Waals surface area contributed by atoms with E-state index in [0.717, 1.165) is 18.7 Å². The first-order valence-electron chi connectivity index (χ1n) is 5.31. The first kappa shape index (κ1) is 10.2. The van der Waals surface area contributed by atoms with Crippen LogP contribution in [0.25, 0.3) is 5.65 Å². The molecule has 0 aliphatic carbocycles. The molecule has 0 saturated carbocycles. The van der Waals surface area contributed by atoms with E-state index in [1.165, 1.54) is 12.5 Å². The number of rotatable bonds is 1. The van der Waals surface area contributed by atoms with Crippen LogP contribution in [0, 0.1) is 5.82 Å². The van der Waals surface area contributed by atoms with Crippen LogP contribution in [0.1, 0.15) is 24.6 Å². The highest BCUT2D eigenvalue weighted by molar-refractivity contribution is 9.10. The molecule has 0 spiro atoms. The third kappa shape index (κ3) is 1.64. The van der Waals surface area contributed by atoms with Gasteiger partial charge in [0, 0.05) is 18.5 Å². The molecule has 1 aliphatic rings. The standard InChI is InChI=1S/C11H11BrFN3/c12-7-5-16-6-10(9-2-1-3-14-9)15-11(16)4-8(7)13/h4-6,9,14H,1-3H2. The minimum Gasteiger partial charge on any atom is -0.309 e. The van der Waals surface area contributed by atoms with E-state index in [2.05, 4.69) is 26.2 Å². The minimum atomic E-state index is -0.274. The Kier molecular flexibility index (Phi) is 2.44. The van der Waals surface area contributed by atoms with Gasteiger partial charge in [-0.15, -0.1) is 0 Å². The van der Waals surface area contributed by atoms with E-state index < -0.39 is 0 Å². The predicted octanol–water partition coefficient (Wildman–Crippen LogP) is 2.66. The van der Waals surface area contributed by atoms with Crippen molar-refractivity contribution in [3.63, 3.8) is 0 Å². The maximum atomic E-state index is 13.3. The van der Waals surface area contributed by atoms with E-state index in [9.17, 15) is 4.39 Å². The SMILES string of the molecule is Fc1cc2nc(C3CCCN3)cn2cc1Br. The number of imidazole rings is 1. The molecule has 3 nitrogen and oxygen atoms in total. The van der Waals surface area contributed by atoms with Gasteiger partial charge in [0.2, 0.25) is 0 Å². The molecule has 0 aromatic carbocycles. The smallest absolute Gasteiger partial charge is 0.142 e. The van der Waals surface area contributed by atoms with Crippen molar-refractivity contribution in [3.8, 4) is 0 Å². The Hall–Kier alpha value is -0.940. The van der Waals surface area contributed by atoms with Crippen molar-refractivity contribution < 1.29 is 4.39 Å². The van der Waals surface area contributed by atoms with Gasteiger partial charge in [-0.3, -0.25) is 0 Å². The number of pyridine rings is 1. The third-order valence-corrected chi connectivity index (χ3v) is 3.52. The van der Waals surface area contributed by atoms with Gasteiger partial charge in [-0.05, 0) is 35.3 Å². The molecule has 2 aromatic rings. The molecule has 1 unspecified atom stereocenters. The maximum absolute atomic E-state index is 13.3. The molecule has 1 N–H and O–H groups in total. The summed E-state index contributed by atoms with van der Waals surface area (Å²) >= 11 is 3.17. The molecule has 0 radical (unpaired) electrons. The van der Waals surface area contributed by atoms with Crippen molar-refractivity contribution in [2.45, 2.75) is 18.9 Å². The van der Waals surface area contributed by atoms with Crippen molar-refractivity contribution in [1.29, 1.82) is 0 Å². The molecule has 0 bridgehead atoms. The normalized spacial score (nSPS) is 20.8. The van der Waals surface area contributed by atoms with E-state index >= 15 is 0 Å². The largest absolute Gasteiger partial charge is 0.309 e. The van der Waals surface area contributed by atoms with Gasteiger partial charge in [-0.1, -0.05) is 0 Å². The average Bonchev–Trinajstić information content (AvgIpc) is 2.86. The fourth-order valence-corrected chi connectivity index (χ4v) is 2.44. The summed E-state index contributed by atoms with van der Waals surface area (Å²) < 4.78 is 15.6. The van der Waals surface area contributed by atoms with Gasteiger partial charge in [0.15, 0.2) is 0 Å². The van der Waals surface area contributed by atoms with Gasteiger partial charge in [0.25, 0.3) is 0 Å². The van der Waals surface area contributed by atoms with Gasteiger partial charge >= 0.3 is 0 Å².